The number of carbonyl (C=O) groups is 1. The highest BCUT2D eigenvalue weighted by Gasteiger charge is 2.27. The van der Waals surface area contributed by atoms with E-state index in [9.17, 15) is 9.18 Å². The number of carbonyl (C=O) groups excluding carboxylic acids is 1. The van der Waals surface area contributed by atoms with E-state index in [1.54, 1.807) is 17.0 Å². The second-order valence-corrected chi connectivity index (χ2v) is 6.19. The summed E-state index contributed by atoms with van der Waals surface area (Å²) in [5, 5.41) is 3.67. The Kier molecular flexibility index (Phi) is 4.62. The van der Waals surface area contributed by atoms with Gasteiger partial charge in [0, 0.05) is 25.2 Å². The average molecular weight is 306 g/mol. The Morgan fingerprint density at radius 3 is 2.82 bits per heavy atom. The number of hydrogen-bond donors (Lipinski definition) is 1. The molecule has 0 spiro atoms. The highest BCUT2D eigenvalue weighted by atomic mass is 19.1. The first kappa shape index (κ1) is 15.3. The summed E-state index contributed by atoms with van der Waals surface area (Å²) in [4.78, 5) is 13.2. The highest BCUT2D eigenvalue weighted by molar-refractivity contribution is 5.67. The largest absolute Gasteiger partial charge is 0.453 e. The number of amides is 1. The SMILES string of the molecule is COC(=O)N1CCC(N[C@@H]2CCCc3ccc(F)cc32)CC1. The van der Waals surface area contributed by atoms with Gasteiger partial charge in [0.15, 0.2) is 0 Å². The van der Waals surface area contributed by atoms with Crippen LogP contribution in [0.5, 0.6) is 0 Å². The summed E-state index contributed by atoms with van der Waals surface area (Å²) in [6.07, 6.45) is 4.80. The van der Waals surface area contributed by atoms with Gasteiger partial charge in [-0.05, 0) is 55.4 Å². The highest BCUT2D eigenvalue weighted by Crippen LogP contribution is 2.31. The molecule has 1 amide bonds. The van der Waals surface area contributed by atoms with Gasteiger partial charge in [-0.15, -0.1) is 0 Å². The van der Waals surface area contributed by atoms with Crippen LogP contribution in [-0.4, -0.2) is 37.2 Å². The number of fused-ring (bicyclic) bond motifs is 1. The Labute approximate surface area is 130 Å². The Bertz CT molecular complexity index is 541. The van der Waals surface area contributed by atoms with Gasteiger partial charge >= 0.3 is 6.09 Å². The summed E-state index contributed by atoms with van der Waals surface area (Å²) >= 11 is 0. The molecule has 1 heterocycles. The first-order chi connectivity index (χ1) is 10.7. The summed E-state index contributed by atoms with van der Waals surface area (Å²) < 4.78 is 18.3. The van der Waals surface area contributed by atoms with Crippen molar-refractivity contribution in [3.63, 3.8) is 0 Å². The lowest BCUT2D eigenvalue weighted by molar-refractivity contribution is 0.108. The molecule has 3 rings (SSSR count). The van der Waals surface area contributed by atoms with Crippen molar-refractivity contribution in [2.24, 2.45) is 0 Å². The predicted octanol–water partition coefficient (Wildman–Crippen LogP) is 3.02. The average Bonchev–Trinajstić information content (AvgIpc) is 2.55. The van der Waals surface area contributed by atoms with E-state index < -0.39 is 0 Å². The van der Waals surface area contributed by atoms with Gasteiger partial charge in [-0.3, -0.25) is 0 Å². The van der Waals surface area contributed by atoms with E-state index in [2.05, 4.69) is 5.32 Å². The predicted molar refractivity (Wildman–Crippen MR) is 82.2 cm³/mol. The molecule has 4 nitrogen and oxygen atoms in total. The van der Waals surface area contributed by atoms with E-state index in [0.717, 1.165) is 37.7 Å². The van der Waals surface area contributed by atoms with Crippen molar-refractivity contribution in [3.8, 4) is 0 Å². The molecule has 1 aliphatic carbocycles. The van der Waals surface area contributed by atoms with E-state index in [-0.39, 0.29) is 18.0 Å². The molecule has 0 aromatic heterocycles. The lowest BCUT2D eigenvalue weighted by Gasteiger charge is -2.35. The van der Waals surface area contributed by atoms with Crippen molar-refractivity contribution >= 4 is 6.09 Å². The number of nitrogens with one attached hydrogen (secondary N) is 1. The number of hydrogen-bond acceptors (Lipinski definition) is 3. The van der Waals surface area contributed by atoms with E-state index >= 15 is 0 Å². The molecule has 1 aliphatic heterocycles. The van der Waals surface area contributed by atoms with Crippen molar-refractivity contribution in [1.29, 1.82) is 0 Å². The van der Waals surface area contributed by atoms with Crippen molar-refractivity contribution in [3.05, 3.63) is 35.1 Å². The normalized spacial score (nSPS) is 22.3. The molecule has 0 saturated carbocycles. The Morgan fingerprint density at radius 2 is 2.09 bits per heavy atom. The van der Waals surface area contributed by atoms with Crippen molar-refractivity contribution in [2.75, 3.05) is 20.2 Å². The molecule has 1 aromatic carbocycles. The van der Waals surface area contributed by atoms with Crippen LogP contribution >= 0.6 is 0 Å². The fraction of sp³-hybridized carbons (Fsp3) is 0.588. The second-order valence-electron chi connectivity index (χ2n) is 6.19. The van der Waals surface area contributed by atoms with Crippen LogP contribution in [-0.2, 0) is 11.2 Å². The smallest absolute Gasteiger partial charge is 0.409 e. The van der Waals surface area contributed by atoms with E-state index in [4.69, 9.17) is 4.74 Å². The fourth-order valence-corrected chi connectivity index (χ4v) is 3.59. The fourth-order valence-electron chi connectivity index (χ4n) is 3.59. The number of aryl methyl sites for hydroxylation is 1. The monoisotopic (exact) mass is 306 g/mol. The van der Waals surface area contributed by atoms with Gasteiger partial charge in [-0.2, -0.15) is 0 Å². The molecule has 1 fully saturated rings. The van der Waals surface area contributed by atoms with Crippen LogP contribution in [0.2, 0.25) is 0 Å². The number of rotatable bonds is 2. The first-order valence-corrected chi connectivity index (χ1v) is 8.04. The number of methoxy groups -OCH3 is 1. The quantitative estimate of drug-likeness (QED) is 0.913. The van der Waals surface area contributed by atoms with Gasteiger partial charge in [0.05, 0.1) is 7.11 Å². The molecule has 5 heteroatoms. The van der Waals surface area contributed by atoms with Crippen molar-refractivity contribution in [1.82, 2.24) is 10.2 Å². The first-order valence-electron chi connectivity index (χ1n) is 8.04. The minimum atomic E-state index is -0.247. The van der Waals surface area contributed by atoms with Gasteiger partial charge in [-0.1, -0.05) is 6.07 Å². The number of piperidine rings is 1. The van der Waals surface area contributed by atoms with Crippen LogP contribution in [0, 0.1) is 5.82 Å². The van der Waals surface area contributed by atoms with Crippen LogP contribution in [0.15, 0.2) is 18.2 Å². The van der Waals surface area contributed by atoms with Crippen LogP contribution in [0.25, 0.3) is 0 Å². The molecule has 2 aliphatic rings. The van der Waals surface area contributed by atoms with Gasteiger partial charge in [-0.25, -0.2) is 9.18 Å². The van der Waals surface area contributed by atoms with Crippen LogP contribution in [0.4, 0.5) is 9.18 Å². The third-order valence-corrected chi connectivity index (χ3v) is 4.79. The maximum absolute atomic E-state index is 13.5. The molecule has 0 bridgehead atoms. The molecular weight excluding hydrogens is 283 g/mol. The molecule has 120 valence electrons. The van der Waals surface area contributed by atoms with Gasteiger partial charge in [0.2, 0.25) is 0 Å². The minimum absolute atomic E-state index is 0.159. The zero-order valence-electron chi connectivity index (χ0n) is 13.0. The van der Waals surface area contributed by atoms with Gasteiger partial charge < -0.3 is 15.0 Å². The number of ether oxygens (including phenoxy) is 1. The van der Waals surface area contributed by atoms with E-state index in [1.807, 2.05) is 6.07 Å². The molecule has 1 aromatic rings. The standard InChI is InChI=1S/C17H23FN2O2/c1-22-17(21)20-9-7-14(8-10-20)19-16-4-2-3-12-5-6-13(18)11-15(12)16/h5-6,11,14,16,19H,2-4,7-10H2,1H3/t16-/m1/s1. The topological polar surface area (TPSA) is 41.6 Å². The maximum Gasteiger partial charge on any atom is 0.409 e. The summed E-state index contributed by atoms with van der Waals surface area (Å²) in [6, 6.07) is 5.75. The van der Waals surface area contributed by atoms with Crippen LogP contribution < -0.4 is 5.32 Å². The Balaban J connectivity index is 1.61. The molecule has 1 atom stereocenters. The number of halogens is 1. The maximum atomic E-state index is 13.5. The van der Waals surface area contributed by atoms with E-state index in [1.165, 1.54) is 12.7 Å². The Morgan fingerprint density at radius 1 is 1.32 bits per heavy atom. The summed E-state index contributed by atoms with van der Waals surface area (Å²) in [5.41, 5.74) is 2.37. The van der Waals surface area contributed by atoms with Crippen molar-refractivity contribution in [2.45, 2.75) is 44.2 Å². The third kappa shape index (κ3) is 3.24. The summed E-state index contributed by atoms with van der Waals surface area (Å²) in [6.45, 7) is 1.43. The summed E-state index contributed by atoms with van der Waals surface area (Å²) in [5.74, 6) is -0.159. The third-order valence-electron chi connectivity index (χ3n) is 4.79. The van der Waals surface area contributed by atoms with Crippen molar-refractivity contribution < 1.29 is 13.9 Å². The number of benzene rings is 1. The lowest BCUT2D eigenvalue weighted by atomic mass is 9.86. The molecule has 1 N–H and O–H groups in total. The minimum Gasteiger partial charge on any atom is -0.453 e. The summed E-state index contributed by atoms with van der Waals surface area (Å²) in [7, 11) is 1.42. The molecular formula is C17H23FN2O2. The van der Waals surface area contributed by atoms with Gasteiger partial charge in [0.1, 0.15) is 5.82 Å². The molecule has 1 saturated heterocycles. The zero-order valence-corrected chi connectivity index (χ0v) is 13.0. The van der Waals surface area contributed by atoms with Crippen LogP contribution in [0.3, 0.4) is 0 Å². The lowest BCUT2D eigenvalue weighted by Crippen LogP contribution is -2.46. The van der Waals surface area contributed by atoms with Crippen LogP contribution in [0.1, 0.15) is 42.9 Å². The zero-order chi connectivity index (χ0) is 15.5. The van der Waals surface area contributed by atoms with Gasteiger partial charge in [0.25, 0.3) is 0 Å². The Hall–Kier alpha value is -1.62. The second kappa shape index (κ2) is 6.65. The molecule has 22 heavy (non-hydrogen) atoms. The number of nitrogens with zero attached hydrogens (tertiary/aromatic N) is 1. The number of likely N-dealkylation sites (tertiary alicyclic amines) is 1. The van der Waals surface area contributed by atoms with E-state index in [0.29, 0.717) is 19.1 Å². The molecule has 0 radical (unpaired) electrons. The molecule has 0 unspecified atom stereocenters.